The maximum atomic E-state index is 12.2. The number of imidazole rings is 1. The number of hydrogen-bond acceptors (Lipinski definition) is 2. The second kappa shape index (κ2) is 6.20. The first-order valence-electron chi connectivity index (χ1n) is 7.17. The third-order valence-electron chi connectivity index (χ3n) is 3.58. The fraction of sp³-hybridized carbons (Fsp3) is 0.176. The Morgan fingerprint density at radius 1 is 1.23 bits per heavy atom. The molecule has 3 aromatic rings. The highest BCUT2D eigenvalue weighted by Crippen LogP contribution is 2.21. The number of aromatic nitrogens is 2. The van der Waals surface area contributed by atoms with Crippen molar-refractivity contribution < 1.29 is 4.79 Å². The molecular weight excluding hydrogens is 298 g/mol. The lowest BCUT2D eigenvalue weighted by Crippen LogP contribution is -2.22. The Hall–Kier alpha value is -2.33. The number of amides is 1. The van der Waals surface area contributed by atoms with Gasteiger partial charge in [0.1, 0.15) is 0 Å². The first-order chi connectivity index (χ1) is 10.7. The average molecular weight is 314 g/mol. The van der Waals surface area contributed by atoms with Crippen molar-refractivity contribution in [3.63, 3.8) is 0 Å². The van der Waals surface area contributed by atoms with Crippen molar-refractivity contribution >= 4 is 28.5 Å². The van der Waals surface area contributed by atoms with Gasteiger partial charge in [0.05, 0.1) is 11.0 Å². The molecule has 0 saturated carbocycles. The number of aryl methyl sites for hydroxylation is 1. The molecule has 0 aliphatic heterocycles. The zero-order valence-electron chi connectivity index (χ0n) is 12.2. The van der Waals surface area contributed by atoms with Crippen LogP contribution in [0.1, 0.15) is 22.8 Å². The largest absolute Gasteiger partial charge is 0.348 e. The Morgan fingerprint density at radius 2 is 2.00 bits per heavy atom. The van der Waals surface area contributed by atoms with Crippen molar-refractivity contribution in [3.05, 3.63) is 64.9 Å². The highest BCUT2D eigenvalue weighted by atomic mass is 35.5. The van der Waals surface area contributed by atoms with E-state index in [9.17, 15) is 4.79 Å². The van der Waals surface area contributed by atoms with Crippen LogP contribution in [0.15, 0.2) is 48.5 Å². The van der Waals surface area contributed by atoms with Crippen LogP contribution in [0.3, 0.4) is 0 Å². The first kappa shape index (κ1) is 14.6. The molecule has 22 heavy (non-hydrogen) atoms. The molecular formula is C17H16ClN3O. The lowest BCUT2D eigenvalue weighted by atomic mass is 10.1. The number of carbonyl (C=O) groups is 1. The summed E-state index contributed by atoms with van der Waals surface area (Å²) in [5.41, 5.74) is 3.32. The minimum atomic E-state index is -0.118. The Morgan fingerprint density at radius 3 is 2.73 bits per heavy atom. The Kier molecular flexibility index (Phi) is 4.11. The normalized spacial score (nSPS) is 10.8. The van der Waals surface area contributed by atoms with Gasteiger partial charge in [-0.15, -0.1) is 0 Å². The molecule has 2 aromatic carbocycles. The molecule has 0 aliphatic carbocycles. The van der Waals surface area contributed by atoms with E-state index in [1.165, 1.54) is 0 Å². The number of nitrogens with one attached hydrogen (secondary N) is 1. The molecule has 1 amide bonds. The van der Waals surface area contributed by atoms with Crippen LogP contribution in [0.5, 0.6) is 0 Å². The minimum absolute atomic E-state index is 0.118. The van der Waals surface area contributed by atoms with Gasteiger partial charge in [0.2, 0.25) is 5.28 Å². The van der Waals surface area contributed by atoms with Crippen LogP contribution in [-0.4, -0.2) is 15.5 Å². The van der Waals surface area contributed by atoms with Crippen LogP contribution in [0, 0.1) is 0 Å². The van der Waals surface area contributed by atoms with Crippen LogP contribution in [0.2, 0.25) is 5.28 Å². The fourth-order valence-corrected chi connectivity index (χ4v) is 2.72. The van der Waals surface area contributed by atoms with Gasteiger partial charge in [-0.3, -0.25) is 4.79 Å². The summed E-state index contributed by atoms with van der Waals surface area (Å²) in [5.74, 6) is -0.118. The van der Waals surface area contributed by atoms with Gasteiger partial charge < -0.3 is 9.88 Å². The Balaban J connectivity index is 1.79. The zero-order valence-corrected chi connectivity index (χ0v) is 13.0. The van der Waals surface area contributed by atoms with E-state index < -0.39 is 0 Å². The van der Waals surface area contributed by atoms with Crippen LogP contribution in [0.25, 0.3) is 11.0 Å². The maximum Gasteiger partial charge on any atom is 0.251 e. The van der Waals surface area contributed by atoms with Gasteiger partial charge in [0, 0.05) is 18.7 Å². The van der Waals surface area contributed by atoms with Crippen molar-refractivity contribution in [2.75, 3.05) is 0 Å². The summed E-state index contributed by atoms with van der Waals surface area (Å²) < 4.78 is 1.91. The van der Waals surface area contributed by atoms with E-state index in [0.717, 1.165) is 23.1 Å². The summed E-state index contributed by atoms with van der Waals surface area (Å²) in [7, 11) is 0. The van der Waals surface area contributed by atoms with Gasteiger partial charge in [0.15, 0.2) is 0 Å². The van der Waals surface area contributed by atoms with Gasteiger partial charge in [-0.25, -0.2) is 4.98 Å². The van der Waals surface area contributed by atoms with Crippen molar-refractivity contribution in [1.29, 1.82) is 0 Å². The number of carbonyl (C=O) groups excluding carboxylic acids is 1. The van der Waals surface area contributed by atoms with E-state index >= 15 is 0 Å². The van der Waals surface area contributed by atoms with Crippen molar-refractivity contribution in [3.8, 4) is 0 Å². The second-order valence-electron chi connectivity index (χ2n) is 5.00. The number of nitrogens with zero attached hydrogens (tertiary/aromatic N) is 2. The molecule has 1 aromatic heterocycles. The number of rotatable bonds is 4. The number of hydrogen-bond donors (Lipinski definition) is 1. The summed E-state index contributed by atoms with van der Waals surface area (Å²) in [6.07, 6.45) is 0. The summed E-state index contributed by atoms with van der Waals surface area (Å²) >= 11 is 6.09. The highest BCUT2D eigenvalue weighted by Gasteiger charge is 2.11. The van der Waals surface area contributed by atoms with E-state index in [0.29, 0.717) is 17.4 Å². The molecule has 1 N–H and O–H groups in total. The number of fused-ring (bicyclic) bond motifs is 1. The van der Waals surface area contributed by atoms with E-state index in [4.69, 9.17) is 11.6 Å². The molecule has 0 unspecified atom stereocenters. The lowest BCUT2D eigenvalue weighted by molar-refractivity contribution is 0.0951. The predicted molar refractivity (Wildman–Crippen MR) is 88.0 cm³/mol. The molecule has 1 heterocycles. The quantitative estimate of drug-likeness (QED) is 0.799. The van der Waals surface area contributed by atoms with Gasteiger partial charge in [-0.05, 0) is 42.3 Å². The maximum absolute atomic E-state index is 12.2. The molecule has 0 aliphatic rings. The van der Waals surface area contributed by atoms with Gasteiger partial charge in [-0.2, -0.15) is 0 Å². The summed E-state index contributed by atoms with van der Waals surface area (Å²) in [4.78, 5) is 16.5. The Labute approximate surface area is 133 Å². The Bertz CT molecular complexity index is 811. The van der Waals surface area contributed by atoms with Crippen LogP contribution < -0.4 is 5.32 Å². The van der Waals surface area contributed by atoms with E-state index in [2.05, 4.69) is 10.3 Å². The SMILES string of the molecule is CCn1c(Cl)nc2cc(C(=O)NCc3ccccc3)ccc21. The monoisotopic (exact) mass is 313 g/mol. The van der Waals surface area contributed by atoms with Crippen LogP contribution in [-0.2, 0) is 13.1 Å². The third-order valence-corrected chi connectivity index (χ3v) is 3.86. The molecule has 3 rings (SSSR count). The number of halogens is 1. The van der Waals surface area contributed by atoms with Gasteiger partial charge >= 0.3 is 0 Å². The van der Waals surface area contributed by atoms with Gasteiger partial charge in [-0.1, -0.05) is 30.3 Å². The smallest absolute Gasteiger partial charge is 0.251 e. The van der Waals surface area contributed by atoms with E-state index in [1.54, 1.807) is 12.1 Å². The molecule has 4 nitrogen and oxygen atoms in total. The predicted octanol–water partition coefficient (Wildman–Crippen LogP) is 3.64. The lowest BCUT2D eigenvalue weighted by Gasteiger charge is -2.06. The summed E-state index contributed by atoms with van der Waals surface area (Å²) in [6.45, 7) is 3.25. The zero-order chi connectivity index (χ0) is 15.5. The van der Waals surface area contributed by atoms with E-state index in [-0.39, 0.29) is 5.91 Å². The first-order valence-corrected chi connectivity index (χ1v) is 7.54. The highest BCUT2D eigenvalue weighted by molar-refractivity contribution is 6.29. The number of benzene rings is 2. The van der Waals surface area contributed by atoms with Crippen molar-refractivity contribution in [2.24, 2.45) is 0 Å². The third kappa shape index (κ3) is 2.83. The minimum Gasteiger partial charge on any atom is -0.348 e. The molecule has 112 valence electrons. The van der Waals surface area contributed by atoms with Crippen molar-refractivity contribution in [2.45, 2.75) is 20.0 Å². The van der Waals surface area contributed by atoms with Crippen LogP contribution >= 0.6 is 11.6 Å². The van der Waals surface area contributed by atoms with E-state index in [1.807, 2.05) is 47.9 Å². The molecule has 0 radical (unpaired) electrons. The van der Waals surface area contributed by atoms with Crippen molar-refractivity contribution in [1.82, 2.24) is 14.9 Å². The standard InChI is InChI=1S/C17H16ClN3O/c1-2-21-15-9-8-13(10-14(15)20-17(21)18)16(22)19-11-12-6-4-3-5-7-12/h3-10H,2,11H2,1H3,(H,19,22). The summed E-state index contributed by atoms with van der Waals surface area (Å²) in [6, 6.07) is 15.3. The van der Waals surface area contributed by atoms with Gasteiger partial charge in [0.25, 0.3) is 5.91 Å². The second-order valence-corrected chi connectivity index (χ2v) is 5.33. The molecule has 0 saturated heterocycles. The molecule has 0 fully saturated rings. The molecule has 0 atom stereocenters. The molecule has 0 spiro atoms. The fourth-order valence-electron chi connectivity index (χ4n) is 2.42. The topological polar surface area (TPSA) is 46.9 Å². The van der Waals surface area contributed by atoms with Crippen LogP contribution in [0.4, 0.5) is 0 Å². The summed E-state index contributed by atoms with van der Waals surface area (Å²) in [5, 5.41) is 3.35. The average Bonchev–Trinajstić information content (AvgIpc) is 2.87. The molecule has 0 bridgehead atoms. The molecule has 5 heteroatoms.